The van der Waals surface area contributed by atoms with Crippen LogP contribution in [0, 0.1) is 0 Å². The van der Waals surface area contributed by atoms with E-state index in [1.54, 1.807) is 11.8 Å². The summed E-state index contributed by atoms with van der Waals surface area (Å²) in [6.45, 7) is 4.84. The van der Waals surface area contributed by atoms with Gasteiger partial charge in [0.25, 0.3) is 0 Å². The lowest BCUT2D eigenvalue weighted by molar-refractivity contribution is 0.289. The molecular weight excluding hydrogens is 478 g/mol. The van der Waals surface area contributed by atoms with Crippen LogP contribution in [0.2, 0.25) is 0 Å². The second-order valence-electron chi connectivity index (χ2n) is 5.46. The van der Waals surface area contributed by atoms with Crippen molar-refractivity contribution in [2.75, 3.05) is 0 Å². The van der Waals surface area contributed by atoms with E-state index < -0.39 is 0 Å². The number of halogens is 2. The molecule has 0 radical (unpaired) electrons. The summed E-state index contributed by atoms with van der Waals surface area (Å²) in [6.07, 6.45) is 1.84. The SMILES string of the molecule is C=CCn1c(COc2ccc(Br)cc2)nnc1SCc1cccc(Br)c1. The molecule has 1 heterocycles. The van der Waals surface area contributed by atoms with Crippen molar-refractivity contribution in [3.8, 4) is 5.75 Å². The number of rotatable bonds is 8. The molecule has 26 heavy (non-hydrogen) atoms. The minimum Gasteiger partial charge on any atom is -0.486 e. The van der Waals surface area contributed by atoms with Crippen molar-refractivity contribution in [3.05, 3.63) is 81.5 Å². The first-order valence-electron chi connectivity index (χ1n) is 7.94. The van der Waals surface area contributed by atoms with Crippen LogP contribution in [-0.2, 0) is 18.9 Å². The van der Waals surface area contributed by atoms with E-state index in [1.165, 1.54) is 5.56 Å². The van der Waals surface area contributed by atoms with Gasteiger partial charge in [0.15, 0.2) is 11.0 Å². The van der Waals surface area contributed by atoms with Gasteiger partial charge in [-0.2, -0.15) is 0 Å². The molecule has 3 aromatic rings. The highest BCUT2D eigenvalue weighted by atomic mass is 79.9. The molecule has 0 unspecified atom stereocenters. The van der Waals surface area contributed by atoms with Crippen molar-refractivity contribution in [1.82, 2.24) is 14.8 Å². The number of aromatic nitrogens is 3. The van der Waals surface area contributed by atoms with Gasteiger partial charge in [-0.25, -0.2) is 0 Å². The van der Waals surface area contributed by atoms with Gasteiger partial charge in [0.1, 0.15) is 12.4 Å². The number of hydrogen-bond donors (Lipinski definition) is 0. The van der Waals surface area contributed by atoms with Gasteiger partial charge in [-0.15, -0.1) is 16.8 Å². The molecule has 0 saturated heterocycles. The molecule has 0 atom stereocenters. The Kier molecular flexibility index (Phi) is 6.93. The van der Waals surface area contributed by atoms with Crippen molar-refractivity contribution in [2.45, 2.75) is 24.1 Å². The Hall–Kier alpha value is -1.57. The Morgan fingerprint density at radius 2 is 1.88 bits per heavy atom. The standard InChI is InChI=1S/C19H17Br2N3OS/c1-2-10-24-18(12-25-17-8-6-15(20)7-9-17)22-23-19(24)26-13-14-4-3-5-16(21)11-14/h2-9,11H,1,10,12-13H2. The van der Waals surface area contributed by atoms with Crippen molar-refractivity contribution in [1.29, 1.82) is 0 Å². The zero-order chi connectivity index (χ0) is 18.4. The van der Waals surface area contributed by atoms with Gasteiger partial charge in [-0.05, 0) is 42.0 Å². The van der Waals surface area contributed by atoms with E-state index >= 15 is 0 Å². The summed E-state index contributed by atoms with van der Waals surface area (Å²) in [4.78, 5) is 0. The number of thioether (sulfide) groups is 1. The van der Waals surface area contributed by atoms with E-state index in [0.29, 0.717) is 13.2 Å². The molecule has 7 heteroatoms. The summed E-state index contributed by atoms with van der Waals surface area (Å²) < 4.78 is 9.96. The number of allylic oxidation sites excluding steroid dienone is 1. The molecule has 134 valence electrons. The van der Waals surface area contributed by atoms with Crippen molar-refractivity contribution >= 4 is 43.6 Å². The molecule has 2 aromatic carbocycles. The van der Waals surface area contributed by atoms with Crippen LogP contribution in [0.4, 0.5) is 0 Å². The molecule has 1 aromatic heterocycles. The van der Waals surface area contributed by atoms with Crippen LogP contribution in [0.15, 0.2) is 75.3 Å². The van der Waals surface area contributed by atoms with Gasteiger partial charge in [-0.3, -0.25) is 4.57 Å². The summed E-state index contributed by atoms with van der Waals surface area (Å²) in [5.41, 5.74) is 1.23. The molecule has 0 aliphatic carbocycles. The average molecular weight is 495 g/mol. The number of benzene rings is 2. The predicted molar refractivity (Wildman–Crippen MR) is 112 cm³/mol. The first kappa shape index (κ1) is 19.2. The summed E-state index contributed by atoms with van der Waals surface area (Å²) in [7, 11) is 0. The van der Waals surface area contributed by atoms with Gasteiger partial charge >= 0.3 is 0 Å². The Balaban J connectivity index is 1.68. The Labute approximate surface area is 173 Å². The molecule has 0 N–H and O–H groups in total. The number of hydrogen-bond acceptors (Lipinski definition) is 4. The lowest BCUT2D eigenvalue weighted by atomic mass is 10.2. The van der Waals surface area contributed by atoms with Crippen LogP contribution in [0.3, 0.4) is 0 Å². The smallest absolute Gasteiger partial charge is 0.191 e. The van der Waals surface area contributed by atoms with Crippen LogP contribution in [-0.4, -0.2) is 14.8 Å². The number of ether oxygens (including phenoxy) is 1. The van der Waals surface area contributed by atoms with Crippen LogP contribution in [0.25, 0.3) is 0 Å². The molecule has 0 spiro atoms. The second kappa shape index (κ2) is 9.39. The zero-order valence-electron chi connectivity index (χ0n) is 13.9. The van der Waals surface area contributed by atoms with Gasteiger partial charge in [0, 0.05) is 21.2 Å². The highest BCUT2D eigenvalue weighted by Gasteiger charge is 2.12. The van der Waals surface area contributed by atoms with Gasteiger partial charge in [0.2, 0.25) is 0 Å². The first-order chi connectivity index (χ1) is 12.7. The highest BCUT2D eigenvalue weighted by Crippen LogP contribution is 2.24. The Morgan fingerprint density at radius 3 is 2.62 bits per heavy atom. The van der Waals surface area contributed by atoms with E-state index in [9.17, 15) is 0 Å². The molecule has 0 fully saturated rings. The topological polar surface area (TPSA) is 39.9 Å². The van der Waals surface area contributed by atoms with Gasteiger partial charge in [0.05, 0.1) is 0 Å². The molecule has 0 bridgehead atoms. The monoisotopic (exact) mass is 493 g/mol. The van der Waals surface area contributed by atoms with E-state index in [1.807, 2.05) is 47.0 Å². The molecule has 0 aliphatic heterocycles. The largest absolute Gasteiger partial charge is 0.486 e. The van der Waals surface area contributed by atoms with E-state index in [-0.39, 0.29) is 0 Å². The third-order valence-corrected chi connectivity index (χ3v) is 5.60. The molecule has 0 aliphatic rings. The Bertz CT molecular complexity index is 881. The van der Waals surface area contributed by atoms with Crippen molar-refractivity contribution in [2.24, 2.45) is 0 Å². The fourth-order valence-electron chi connectivity index (χ4n) is 2.30. The minimum atomic E-state index is 0.361. The lowest BCUT2D eigenvalue weighted by Crippen LogP contribution is -2.07. The van der Waals surface area contributed by atoms with Crippen LogP contribution < -0.4 is 4.74 Å². The van der Waals surface area contributed by atoms with Crippen LogP contribution in [0.5, 0.6) is 5.75 Å². The second-order valence-corrected chi connectivity index (χ2v) is 8.23. The van der Waals surface area contributed by atoms with Crippen molar-refractivity contribution < 1.29 is 4.74 Å². The molecule has 0 amide bonds. The Morgan fingerprint density at radius 1 is 1.08 bits per heavy atom. The third kappa shape index (κ3) is 5.22. The summed E-state index contributed by atoms with van der Waals surface area (Å²) in [5, 5.41) is 9.49. The van der Waals surface area contributed by atoms with Gasteiger partial charge < -0.3 is 4.74 Å². The maximum Gasteiger partial charge on any atom is 0.191 e. The normalized spacial score (nSPS) is 10.7. The molecule has 3 rings (SSSR count). The van der Waals surface area contributed by atoms with E-state index in [4.69, 9.17) is 4.74 Å². The van der Waals surface area contributed by atoms with E-state index in [2.05, 4.69) is 60.8 Å². The lowest BCUT2D eigenvalue weighted by Gasteiger charge is -2.09. The quantitative estimate of drug-likeness (QED) is 0.290. The average Bonchev–Trinajstić information content (AvgIpc) is 3.02. The van der Waals surface area contributed by atoms with Crippen LogP contribution >= 0.6 is 43.6 Å². The van der Waals surface area contributed by atoms with Gasteiger partial charge in [-0.1, -0.05) is 61.8 Å². The van der Waals surface area contributed by atoms with Crippen LogP contribution in [0.1, 0.15) is 11.4 Å². The summed E-state index contributed by atoms with van der Waals surface area (Å²) in [6, 6.07) is 16.0. The fraction of sp³-hybridized carbons (Fsp3) is 0.158. The molecular formula is C19H17Br2N3OS. The minimum absolute atomic E-state index is 0.361. The fourth-order valence-corrected chi connectivity index (χ4v) is 3.92. The number of nitrogens with zero attached hydrogens (tertiary/aromatic N) is 3. The third-order valence-electron chi connectivity index (χ3n) is 3.54. The highest BCUT2D eigenvalue weighted by molar-refractivity contribution is 9.10. The van der Waals surface area contributed by atoms with Crippen molar-refractivity contribution in [3.63, 3.8) is 0 Å². The maximum atomic E-state index is 5.83. The maximum absolute atomic E-state index is 5.83. The summed E-state index contributed by atoms with van der Waals surface area (Å²) in [5.74, 6) is 2.40. The first-order valence-corrected chi connectivity index (χ1v) is 10.5. The molecule has 4 nitrogen and oxygen atoms in total. The summed E-state index contributed by atoms with van der Waals surface area (Å²) >= 11 is 8.58. The zero-order valence-corrected chi connectivity index (χ0v) is 17.9. The predicted octanol–water partition coefficient (Wildman–Crippen LogP) is 5.86. The molecule has 0 saturated carbocycles. The van der Waals surface area contributed by atoms with E-state index in [0.717, 1.165) is 31.4 Å².